The normalized spacial score (nSPS) is 19.3. The number of carbonyl (C=O) groups is 3. The van der Waals surface area contributed by atoms with Crippen LogP contribution in [0, 0.1) is 0 Å². The number of carboxylic acids is 1. The minimum atomic E-state index is -0.941. The van der Waals surface area contributed by atoms with Gasteiger partial charge in [0.2, 0.25) is 5.91 Å². The molecule has 3 N–H and O–H groups in total. The number of hydrogen-bond donors (Lipinski definition) is 2. The maximum atomic E-state index is 11.9. The van der Waals surface area contributed by atoms with E-state index in [9.17, 15) is 14.4 Å². The van der Waals surface area contributed by atoms with Crippen molar-refractivity contribution < 1.29 is 24.2 Å². The van der Waals surface area contributed by atoms with Gasteiger partial charge in [0.15, 0.2) is 0 Å². The van der Waals surface area contributed by atoms with E-state index >= 15 is 0 Å². The molecule has 1 fully saturated rings. The molecule has 0 radical (unpaired) electrons. The van der Waals surface area contributed by atoms with Gasteiger partial charge < -0.3 is 20.5 Å². The number of rotatable bonds is 7. The Hall–Kier alpha value is -1.67. The van der Waals surface area contributed by atoms with E-state index in [2.05, 4.69) is 0 Å². The van der Waals surface area contributed by atoms with E-state index in [0.29, 0.717) is 19.6 Å². The van der Waals surface area contributed by atoms with E-state index in [4.69, 9.17) is 15.6 Å². The lowest BCUT2D eigenvalue weighted by Gasteiger charge is -2.40. The summed E-state index contributed by atoms with van der Waals surface area (Å²) in [4.78, 5) is 37.4. The van der Waals surface area contributed by atoms with Crippen LogP contribution >= 0.6 is 0 Å². The van der Waals surface area contributed by atoms with Crippen molar-refractivity contribution in [3.8, 4) is 0 Å². The molecule has 0 aliphatic carbocycles. The molecule has 0 saturated carbocycles. The average Bonchev–Trinajstić information content (AvgIpc) is 2.45. The molecule has 21 heavy (non-hydrogen) atoms. The van der Waals surface area contributed by atoms with Crippen LogP contribution in [0.2, 0.25) is 0 Å². The fourth-order valence-electron chi connectivity index (χ4n) is 2.23. The first-order valence-corrected chi connectivity index (χ1v) is 7.07. The molecule has 1 aliphatic rings. The second-order valence-corrected chi connectivity index (χ2v) is 4.93. The van der Waals surface area contributed by atoms with Crippen LogP contribution in [0.4, 0.5) is 0 Å². The Labute approximate surface area is 123 Å². The highest BCUT2D eigenvalue weighted by Gasteiger charge is 2.31. The molecule has 1 rings (SSSR count). The zero-order valence-electron chi connectivity index (χ0n) is 12.3. The highest BCUT2D eigenvalue weighted by molar-refractivity contribution is 5.76. The Bertz CT molecular complexity index is 388. The average molecular weight is 301 g/mol. The number of amides is 1. The van der Waals surface area contributed by atoms with Gasteiger partial charge in [0.05, 0.1) is 12.6 Å². The molecule has 8 nitrogen and oxygen atoms in total. The molecule has 8 heteroatoms. The van der Waals surface area contributed by atoms with Gasteiger partial charge in [0.1, 0.15) is 6.61 Å². The number of carboxylic acid groups (broad SMARTS) is 1. The fourth-order valence-corrected chi connectivity index (χ4v) is 2.23. The third-order valence-electron chi connectivity index (χ3n) is 3.38. The van der Waals surface area contributed by atoms with Gasteiger partial charge in [-0.2, -0.15) is 0 Å². The minimum absolute atomic E-state index is 0.0562. The summed E-state index contributed by atoms with van der Waals surface area (Å²) < 4.78 is 5.09. The molecular formula is C13H23N3O5. The van der Waals surface area contributed by atoms with Gasteiger partial charge in [0.25, 0.3) is 0 Å². The van der Waals surface area contributed by atoms with Gasteiger partial charge in [-0.25, -0.2) is 0 Å². The van der Waals surface area contributed by atoms with Crippen molar-refractivity contribution >= 4 is 17.8 Å². The highest BCUT2D eigenvalue weighted by atomic mass is 16.5. The van der Waals surface area contributed by atoms with E-state index in [1.807, 2.05) is 0 Å². The maximum absolute atomic E-state index is 11.9. The van der Waals surface area contributed by atoms with Crippen LogP contribution in [0.3, 0.4) is 0 Å². The summed E-state index contributed by atoms with van der Waals surface area (Å²) in [5.41, 5.74) is 5.38. The fraction of sp³-hybridized carbons (Fsp3) is 0.769. The summed E-state index contributed by atoms with van der Waals surface area (Å²) in [6, 6.07) is -0.299. The third-order valence-corrected chi connectivity index (χ3v) is 3.38. The molecule has 0 bridgehead atoms. The summed E-state index contributed by atoms with van der Waals surface area (Å²) in [7, 11) is 0. The number of hydrogen-bond acceptors (Lipinski definition) is 6. The monoisotopic (exact) mass is 301 g/mol. The van der Waals surface area contributed by atoms with E-state index in [1.165, 1.54) is 0 Å². The van der Waals surface area contributed by atoms with Crippen LogP contribution < -0.4 is 5.73 Å². The molecule has 120 valence electrons. The van der Waals surface area contributed by atoms with Crippen molar-refractivity contribution in [1.29, 1.82) is 0 Å². The lowest BCUT2D eigenvalue weighted by atomic mass is 10.1. The van der Waals surface area contributed by atoms with Crippen molar-refractivity contribution in [2.24, 2.45) is 5.73 Å². The Kier molecular flexibility index (Phi) is 7.10. The molecule has 1 saturated heterocycles. The van der Waals surface area contributed by atoms with Gasteiger partial charge in [-0.1, -0.05) is 6.92 Å². The quantitative estimate of drug-likeness (QED) is 0.573. The van der Waals surface area contributed by atoms with Gasteiger partial charge in [0, 0.05) is 39.0 Å². The number of piperazine rings is 1. The molecule has 1 aliphatic heterocycles. The largest absolute Gasteiger partial charge is 0.480 e. The molecule has 0 aromatic rings. The van der Waals surface area contributed by atoms with Gasteiger partial charge >= 0.3 is 11.9 Å². The van der Waals surface area contributed by atoms with E-state index in [0.717, 1.165) is 0 Å². The number of carbonyl (C=O) groups excluding carboxylic acids is 2. The van der Waals surface area contributed by atoms with Crippen LogP contribution in [0.15, 0.2) is 0 Å². The van der Waals surface area contributed by atoms with Gasteiger partial charge in [-0.3, -0.25) is 19.3 Å². The number of aliphatic carboxylic acids is 1. The second-order valence-electron chi connectivity index (χ2n) is 4.93. The van der Waals surface area contributed by atoms with E-state index < -0.39 is 5.97 Å². The topological polar surface area (TPSA) is 113 Å². The van der Waals surface area contributed by atoms with Crippen LogP contribution in [-0.4, -0.2) is 78.1 Å². The number of esters is 1. The van der Waals surface area contributed by atoms with Gasteiger partial charge in [-0.15, -0.1) is 0 Å². The maximum Gasteiger partial charge on any atom is 0.317 e. The Morgan fingerprint density at radius 2 is 2.05 bits per heavy atom. The minimum Gasteiger partial charge on any atom is -0.480 e. The molecule has 1 amide bonds. The van der Waals surface area contributed by atoms with Crippen LogP contribution in [0.1, 0.15) is 19.8 Å². The van der Waals surface area contributed by atoms with Crippen molar-refractivity contribution in [3.63, 3.8) is 0 Å². The molecular weight excluding hydrogens is 278 g/mol. The van der Waals surface area contributed by atoms with Crippen molar-refractivity contribution in [2.45, 2.75) is 25.8 Å². The molecule has 0 aromatic carbocycles. The number of nitrogens with zero attached hydrogens (tertiary/aromatic N) is 2. The first-order chi connectivity index (χ1) is 9.97. The second kappa shape index (κ2) is 8.58. The van der Waals surface area contributed by atoms with Crippen LogP contribution in [0.5, 0.6) is 0 Å². The summed E-state index contributed by atoms with van der Waals surface area (Å²) in [6.07, 6.45) is 0.530. The smallest absolute Gasteiger partial charge is 0.317 e. The van der Waals surface area contributed by atoms with E-state index in [1.54, 1.807) is 16.7 Å². The molecule has 1 heterocycles. The summed E-state index contributed by atoms with van der Waals surface area (Å²) >= 11 is 0. The summed E-state index contributed by atoms with van der Waals surface area (Å²) in [6.45, 7) is 3.18. The molecule has 1 atom stereocenters. The first kappa shape index (κ1) is 17.4. The Morgan fingerprint density at radius 1 is 1.33 bits per heavy atom. The van der Waals surface area contributed by atoms with Crippen LogP contribution in [0.25, 0.3) is 0 Å². The lowest BCUT2D eigenvalue weighted by Crippen LogP contribution is -2.57. The van der Waals surface area contributed by atoms with Crippen molar-refractivity contribution in [2.75, 3.05) is 39.3 Å². The van der Waals surface area contributed by atoms with Crippen molar-refractivity contribution in [1.82, 2.24) is 9.80 Å². The zero-order valence-corrected chi connectivity index (χ0v) is 12.3. The SMILES string of the molecule is CCC(=O)OC[C@@H]1CN(C(=O)CCN)CCN1CC(=O)O. The number of ether oxygens (including phenoxy) is 1. The Balaban J connectivity index is 2.64. The highest BCUT2D eigenvalue weighted by Crippen LogP contribution is 2.12. The van der Waals surface area contributed by atoms with Crippen LogP contribution in [-0.2, 0) is 19.1 Å². The zero-order chi connectivity index (χ0) is 15.8. The number of nitrogens with two attached hydrogens (primary N) is 1. The summed E-state index contributed by atoms with van der Waals surface area (Å²) in [5, 5.41) is 8.92. The third kappa shape index (κ3) is 5.68. The predicted molar refractivity (Wildman–Crippen MR) is 74.5 cm³/mol. The molecule has 0 spiro atoms. The van der Waals surface area contributed by atoms with Crippen molar-refractivity contribution in [3.05, 3.63) is 0 Å². The standard InChI is InChI=1S/C13H23N3O5/c1-2-13(20)21-9-10-7-16(11(17)3-4-14)6-5-15(10)8-12(18)19/h10H,2-9,14H2,1H3,(H,18,19)/t10-/m0/s1. The van der Waals surface area contributed by atoms with Gasteiger partial charge in [-0.05, 0) is 0 Å². The molecule has 0 aromatic heterocycles. The predicted octanol–water partition coefficient (Wildman–Crippen LogP) is -1.11. The Morgan fingerprint density at radius 3 is 2.62 bits per heavy atom. The molecule has 0 unspecified atom stereocenters. The van der Waals surface area contributed by atoms with E-state index in [-0.39, 0.29) is 50.5 Å². The summed E-state index contributed by atoms with van der Waals surface area (Å²) in [5.74, 6) is -1.33. The first-order valence-electron chi connectivity index (χ1n) is 7.07. The lowest BCUT2D eigenvalue weighted by molar-refractivity contribution is -0.148.